The van der Waals surface area contributed by atoms with E-state index in [0.717, 1.165) is 71.8 Å². The molecule has 1 aliphatic carbocycles. The van der Waals surface area contributed by atoms with E-state index in [4.69, 9.17) is 4.99 Å². The molecule has 0 amide bonds. The number of hydrogen-bond acceptors (Lipinski definition) is 6. The monoisotopic (exact) mass is 646 g/mol. The van der Waals surface area contributed by atoms with Crippen LogP contribution in [0, 0.1) is 69.2 Å². The summed E-state index contributed by atoms with van der Waals surface area (Å²) in [5.74, 6) is -0.0659. The second-order valence-electron chi connectivity index (χ2n) is 15.1. The lowest BCUT2D eigenvalue weighted by Crippen LogP contribution is -2.43. The molecule has 4 aromatic carbocycles. The topological polar surface area (TPSA) is 85.8 Å². The third-order valence-electron chi connectivity index (χ3n) is 11.5. The average Bonchev–Trinajstić information content (AvgIpc) is 2.97. The van der Waals surface area contributed by atoms with E-state index in [9.17, 15) is 9.90 Å². The van der Waals surface area contributed by atoms with Crippen LogP contribution in [-0.4, -0.2) is 22.2 Å². The van der Waals surface area contributed by atoms with Crippen molar-refractivity contribution in [2.24, 2.45) is 4.99 Å². The van der Waals surface area contributed by atoms with Gasteiger partial charge in [0.15, 0.2) is 0 Å². The van der Waals surface area contributed by atoms with E-state index >= 15 is 0 Å². The molecule has 6 heteroatoms. The normalized spacial score (nSPS) is 17.9. The smallest absolute Gasteiger partial charge is 0.201 e. The minimum atomic E-state index is -0.582. The molecule has 0 unspecified atom stereocenters. The number of ketones is 1. The fourth-order valence-electron chi connectivity index (χ4n) is 8.41. The maximum absolute atomic E-state index is 14.7. The zero-order valence-electron chi connectivity index (χ0n) is 29.8. The van der Waals surface area contributed by atoms with E-state index in [-0.39, 0.29) is 26.4 Å². The van der Waals surface area contributed by atoms with Crippen molar-refractivity contribution >= 4 is 55.5 Å². The Morgan fingerprint density at radius 3 is 1.60 bits per heavy atom. The summed E-state index contributed by atoms with van der Waals surface area (Å²) in [5.41, 5.74) is 15.0. The predicted octanol–water partition coefficient (Wildman–Crippen LogP) is 9.41. The van der Waals surface area contributed by atoms with Gasteiger partial charge in [-0.1, -0.05) is 14.9 Å². The molecule has 0 radical (unpaired) electrons. The highest BCUT2D eigenvalue weighted by Crippen LogP contribution is 2.52. The van der Waals surface area contributed by atoms with Crippen LogP contribution in [0.1, 0.15) is 104 Å². The number of nitrogens with zero attached hydrogens (tertiary/aromatic N) is 1. The summed E-state index contributed by atoms with van der Waals surface area (Å²) >= 11 is 0. The molecule has 7 rings (SSSR count). The number of aliphatic hydroxyl groups is 1. The molecule has 0 saturated carbocycles. The molecular weight excluding hydrogens is 592 g/mol. The van der Waals surface area contributed by atoms with Crippen LogP contribution in [0.4, 0.5) is 17.1 Å². The maximum Gasteiger partial charge on any atom is 0.201 e. The fraction of sp³-hybridized carbons (Fsp3) is 0.429. The lowest BCUT2D eigenvalue weighted by Gasteiger charge is -2.40. The molecular formula is C42H54N4O2. The van der Waals surface area contributed by atoms with E-state index < -0.39 is 11.3 Å². The number of aryl methyl sites for hydroxylation is 4. The predicted molar refractivity (Wildman–Crippen MR) is 206 cm³/mol. The third kappa shape index (κ3) is 4.23. The van der Waals surface area contributed by atoms with Gasteiger partial charge in [0.2, 0.25) is 5.78 Å². The van der Waals surface area contributed by atoms with Crippen LogP contribution in [0.25, 0.3) is 32.7 Å². The van der Waals surface area contributed by atoms with Gasteiger partial charge in [-0.15, -0.1) is 0 Å². The number of hydrogen-bond donors (Lipinski definition) is 4. The zero-order chi connectivity index (χ0) is 33.7. The third-order valence-corrected chi connectivity index (χ3v) is 11.5. The number of rotatable bonds is 1. The minimum Gasteiger partial charge on any atom is -0.506 e. The van der Waals surface area contributed by atoms with Crippen molar-refractivity contribution in [1.29, 1.82) is 0 Å². The first-order valence-electron chi connectivity index (χ1n) is 16.4. The van der Waals surface area contributed by atoms with Crippen molar-refractivity contribution in [1.82, 2.24) is 0 Å². The molecule has 48 heavy (non-hydrogen) atoms. The van der Waals surface area contributed by atoms with Crippen molar-refractivity contribution in [2.75, 3.05) is 16.0 Å². The van der Waals surface area contributed by atoms with Gasteiger partial charge in [0, 0.05) is 27.2 Å². The molecule has 4 N–H and O–H groups in total. The summed E-state index contributed by atoms with van der Waals surface area (Å²) in [5, 5.41) is 29.5. The van der Waals surface area contributed by atoms with Gasteiger partial charge in [0.1, 0.15) is 17.1 Å². The van der Waals surface area contributed by atoms with E-state index in [1.165, 1.54) is 38.6 Å². The lowest BCUT2D eigenvalue weighted by molar-refractivity contribution is -0.109. The Morgan fingerprint density at radius 2 is 1.02 bits per heavy atom. The standard InChI is InChI=1S/C40H46N4O2.2CH4/c1-15-17(3)25-19(5)21(7)27(35-29(25)33(23(15)9)41-39(11,12)43-35)31-37(45)32(38(31)46)28-22(8)20(6)26-18(4)16(2)24(10)34-30(26)36(28)44-40(13,14)42-34;;/h41,43-45H,1-14H3;2*1H4. The van der Waals surface area contributed by atoms with Crippen LogP contribution >= 0.6 is 0 Å². The molecule has 2 heterocycles. The molecule has 3 aliphatic rings. The second kappa shape index (κ2) is 10.6. The number of carbonyl (C=O) groups is 1. The molecule has 0 saturated heterocycles. The Hall–Kier alpha value is -4.32. The molecule has 0 fully saturated rings. The van der Waals surface area contributed by atoms with E-state index in [0.29, 0.717) is 11.1 Å². The summed E-state index contributed by atoms with van der Waals surface area (Å²) < 4.78 is 0. The largest absolute Gasteiger partial charge is 0.506 e. The molecule has 4 aromatic rings. The van der Waals surface area contributed by atoms with Gasteiger partial charge in [-0.05, 0) is 163 Å². The van der Waals surface area contributed by atoms with Crippen LogP contribution in [0.3, 0.4) is 0 Å². The van der Waals surface area contributed by atoms with Crippen LogP contribution < -0.4 is 26.5 Å². The SMILES string of the molecule is C.C.Cc1c(C)c2c3c(c(C4=C(O)C(=c5c(C)c(C)c6c(C)c(C)c(C)c7c6c5NC(C)(C)N=7)C4=O)c(C)c(C)c3c1C)NC(C)(C)N2. The molecule has 0 atom stereocenters. The van der Waals surface area contributed by atoms with Crippen molar-refractivity contribution in [3.63, 3.8) is 0 Å². The maximum atomic E-state index is 14.7. The van der Waals surface area contributed by atoms with Gasteiger partial charge >= 0.3 is 0 Å². The first-order chi connectivity index (χ1) is 21.3. The van der Waals surface area contributed by atoms with Crippen LogP contribution in [0.5, 0.6) is 0 Å². The van der Waals surface area contributed by atoms with Crippen molar-refractivity contribution in [3.8, 4) is 0 Å². The Bertz CT molecular complexity index is 2350. The van der Waals surface area contributed by atoms with Crippen molar-refractivity contribution in [3.05, 3.63) is 77.5 Å². The van der Waals surface area contributed by atoms with E-state index in [2.05, 4.69) is 113 Å². The molecule has 0 aromatic heterocycles. The van der Waals surface area contributed by atoms with E-state index in [1.807, 2.05) is 0 Å². The highest BCUT2D eigenvalue weighted by Gasteiger charge is 2.42. The Kier molecular flexibility index (Phi) is 7.72. The molecule has 254 valence electrons. The fourth-order valence-corrected chi connectivity index (χ4v) is 8.41. The van der Waals surface area contributed by atoms with Crippen molar-refractivity contribution < 1.29 is 9.90 Å². The van der Waals surface area contributed by atoms with E-state index in [1.54, 1.807) is 0 Å². The minimum absolute atomic E-state index is 0. The van der Waals surface area contributed by atoms with Gasteiger partial charge in [0.05, 0.1) is 27.9 Å². The quantitative estimate of drug-likeness (QED) is 0.166. The first kappa shape index (κ1) is 35.0. The highest BCUT2D eigenvalue weighted by atomic mass is 16.3. The van der Waals surface area contributed by atoms with Crippen LogP contribution in [0.2, 0.25) is 0 Å². The van der Waals surface area contributed by atoms with Gasteiger partial charge in [0.25, 0.3) is 0 Å². The Labute approximate surface area is 286 Å². The molecule has 2 aliphatic heterocycles. The summed E-state index contributed by atoms with van der Waals surface area (Å²) in [4.78, 5) is 19.8. The van der Waals surface area contributed by atoms with Gasteiger partial charge in [-0.2, -0.15) is 0 Å². The second-order valence-corrected chi connectivity index (χ2v) is 15.1. The molecule has 0 spiro atoms. The number of aliphatic hydroxyl groups excluding tert-OH is 1. The summed E-state index contributed by atoms with van der Waals surface area (Å²) in [6.45, 7) is 29.8. The summed E-state index contributed by atoms with van der Waals surface area (Å²) in [6.07, 6.45) is 0. The Morgan fingerprint density at radius 1 is 0.521 bits per heavy atom. The lowest BCUT2D eigenvalue weighted by atomic mass is 9.75. The number of allylic oxidation sites excluding steroid dienone is 2. The molecule has 0 bridgehead atoms. The first-order valence-corrected chi connectivity index (χ1v) is 16.4. The van der Waals surface area contributed by atoms with Gasteiger partial charge in [-0.25, -0.2) is 0 Å². The average molecular weight is 647 g/mol. The van der Waals surface area contributed by atoms with Crippen LogP contribution in [-0.2, 0) is 4.79 Å². The number of nitrogens with one attached hydrogen (secondary N) is 3. The summed E-state index contributed by atoms with van der Waals surface area (Å²) in [7, 11) is 0. The van der Waals surface area contributed by atoms with Crippen LogP contribution in [0.15, 0.2) is 10.8 Å². The van der Waals surface area contributed by atoms with Gasteiger partial charge in [-0.3, -0.25) is 9.79 Å². The number of anilines is 3. The molecule has 6 nitrogen and oxygen atoms in total. The Balaban J connectivity index is 0.00000225. The summed E-state index contributed by atoms with van der Waals surface area (Å²) in [6, 6.07) is 0. The number of Topliss-reactive ketones (excluding diaryl/α,β-unsaturated/α-hetero) is 1. The van der Waals surface area contributed by atoms with Gasteiger partial charge < -0.3 is 21.1 Å². The highest BCUT2D eigenvalue weighted by molar-refractivity contribution is 6.53. The zero-order valence-corrected chi connectivity index (χ0v) is 29.8. The van der Waals surface area contributed by atoms with Crippen molar-refractivity contribution in [2.45, 2.75) is 123 Å². The number of carbonyl (C=O) groups excluding carboxylic acids is 1. The number of benzene rings is 4.